The average Bonchev–Trinajstić information content (AvgIpc) is 3.00. The second-order valence-electron chi connectivity index (χ2n) is 11.9. The minimum atomic E-state index is -2.72. The molecule has 0 unspecified atom stereocenters. The maximum Gasteiger partial charge on any atom is 0.323 e. The third kappa shape index (κ3) is 7.59. The predicted octanol–water partition coefficient (Wildman–Crippen LogP) is 7.63. The summed E-state index contributed by atoms with van der Waals surface area (Å²) in [6.07, 6.45) is 3.36. The van der Waals surface area contributed by atoms with E-state index in [1.165, 1.54) is 7.11 Å². The molecule has 232 valence electrons. The second kappa shape index (κ2) is 13.0. The number of nitrogens with one attached hydrogen (secondary N) is 3. The van der Waals surface area contributed by atoms with Crippen molar-refractivity contribution in [3.8, 4) is 17.4 Å². The van der Waals surface area contributed by atoms with Crippen molar-refractivity contribution >= 4 is 46.6 Å². The summed E-state index contributed by atoms with van der Waals surface area (Å²) in [5, 5.41) is 11.2. The van der Waals surface area contributed by atoms with Gasteiger partial charge >= 0.3 is 6.03 Å². The number of anilines is 3. The van der Waals surface area contributed by atoms with E-state index in [4.69, 9.17) is 9.47 Å². The number of fused-ring (bicyclic) bond motifs is 1. The van der Waals surface area contributed by atoms with Gasteiger partial charge in [0.1, 0.15) is 12.9 Å². The number of methoxy groups -OCH3 is 1. The van der Waals surface area contributed by atoms with E-state index in [1.54, 1.807) is 43.9 Å². The Bertz CT molecular complexity index is 1890. The fourth-order valence-corrected chi connectivity index (χ4v) is 5.92. The van der Waals surface area contributed by atoms with E-state index in [-0.39, 0.29) is 5.41 Å². The molecule has 0 fully saturated rings. The summed E-state index contributed by atoms with van der Waals surface area (Å²) in [6.45, 7) is 10.1. The quantitative estimate of drug-likeness (QED) is 0.143. The maximum absolute atomic E-state index is 13.4. The first kappa shape index (κ1) is 31.5. The molecule has 3 N–H and O–H groups in total. The first-order valence-corrected chi connectivity index (χ1v) is 17.0. The molecule has 45 heavy (non-hydrogen) atoms. The Labute approximate surface area is 263 Å². The summed E-state index contributed by atoms with van der Waals surface area (Å²) < 4.78 is 25.0. The van der Waals surface area contributed by atoms with Crippen molar-refractivity contribution in [2.24, 2.45) is 0 Å². The largest absolute Gasteiger partial charge is 0.494 e. The van der Waals surface area contributed by atoms with Crippen LogP contribution in [0.25, 0.3) is 10.8 Å². The molecule has 0 bridgehead atoms. The highest BCUT2D eigenvalue weighted by molar-refractivity contribution is 7.70. The molecule has 11 heteroatoms. The molecule has 0 aliphatic carbocycles. The van der Waals surface area contributed by atoms with Gasteiger partial charge in [-0.25, -0.2) is 9.78 Å². The van der Waals surface area contributed by atoms with Crippen LogP contribution in [0.3, 0.4) is 0 Å². The summed E-state index contributed by atoms with van der Waals surface area (Å²) in [7, 11) is -1.21. The molecule has 5 aromatic rings. The van der Waals surface area contributed by atoms with Gasteiger partial charge in [-0.3, -0.25) is 4.98 Å². The molecule has 0 saturated carbocycles. The zero-order valence-electron chi connectivity index (χ0n) is 26.2. The van der Waals surface area contributed by atoms with Gasteiger partial charge in [0.05, 0.1) is 36.0 Å². The standard InChI is InChI=1S/C34H37N6O4P/c1-34(2,3)22-19-27(31(43-4)29(20-22)45(5,6)42)39-33(41)38-26-14-15-28(25-13-8-7-12-24(25)26)44-30-16-18-36-32(40-30)37-21-23-11-9-10-17-35-23/h7-20H,21H2,1-6H3,(H,36,37,40)(H2,38,39,41). The zero-order valence-corrected chi connectivity index (χ0v) is 27.1. The number of aromatic nitrogens is 3. The smallest absolute Gasteiger partial charge is 0.323 e. The highest BCUT2D eigenvalue weighted by Crippen LogP contribution is 2.43. The monoisotopic (exact) mass is 624 g/mol. The topological polar surface area (TPSA) is 127 Å². The summed E-state index contributed by atoms with van der Waals surface area (Å²) in [6, 6.07) is 21.9. The number of pyridine rings is 1. The van der Waals surface area contributed by atoms with E-state index in [9.17, 15) is 9.36 Å². The Morgan fingerprint density at radius 3 is 2.29 bits per heavy atom. The van der Waals surface area contributed by atoms with Crippen molar-refractivity contribution in [3.05, 3.63) is 96.4 Å². The Morgan fingerprint density at radius 1 is 0.867 bits per heavy atom. The normalized spacial score (nSPS) is 11.6. The van der Waals surface area contributed by atoms with Gasteiger partial charge in [0, 0.05) is 29.2 Å². The minimum absolute atomic E-state index is 0.241. The van der Waals surface area contributed by atoms with Gasteiger partial charge in [-0.1, -0.05) is 51.1 Å². The average molecular weight is 625 g/mol. The van der Waals surface area contributed by atoms with Crippen LogP contribution in [0, 0.1) is 0 Å². The van der Waals surface area contributed by atoms with Gasteiger partial charge in [-0.2, -0.15) is 4.98 Å². The van der Waals surface area contributed by atoms with Crippen LogP contribution < -0.4 is 30.7 Å². The van der Waals surface area contributed by atoms with Crippen molar-refractivity contribution in [3.63, 3.8) is 0 Å². The number of hydrogen-bond donors (Lipinski definition) is 3. The second-order valence-corrected chi connectivity index (χ2v) is 15.1. The fourth-order valence-electron chi connectivity index (χ4n) is 4.77. The first-order chi connectivity index (χ1) is 21.4. The SMILES string of the molecule is COc1c(NC(=O)Nc2ccc(Oc3ccnc(NCc4ccccn4)n3)c3ccccc23)cc(C(C)(C)C)cc1P(C)(C)=O. The first-order valence-electron chi connectivity index (χ1n) is 14.4. The Kier molecular flexibility index (Phi) is 9.06. The molecule has 0 aliphatic heterocycles. The van der Waals surface area contributed by atoms with Crippen LogP contribution in [-0.2, 0) is 16.5 Å². The summed E-state index contributed by atoms with van der Waals surface area (Å²) in [4.78, 5) is 26.5. The summed E-state index contributed by atoms with van der Waals surface area (Å²) in [5.41, 5.74) is 2.58. The van der Waals surface area contributed by atoms with Crippen LogP contribution in [0.15, 0.2) is 85.2 Å². The number of rotatable bonds is 9. The van der Waals surface area contributed by atoms with E-state index in [1.807, 2.05) is 54.6 Å². The van der Waals surface area contributed by atoms with Gasteiger partial charge in [0.2, 0.25) is 11.8 Å². The molecule has 0 saturated heterocycles. The van der Waals surface area contributed by atoms with E-state index < -0.39 is 13.2 Å². The van der Waals surface area contributed by atoms with Crippen LogP contribution in [0.1, 0.15) is 32.0 Å². The predicted molar refractivity (Wildman–Crippen MR) is 181 cm³/mol. The number of benzene rings is 3. The number of nitrogens with zero attached hydrogens (tertiary/aromatic N) is 3. The van der Waals surface area contributed by atoms with E-state index in [0.717, 1.165) is 22.0 Å². The van der Waals surface area contributed by atoms with Crippen LogP contribution in [0.2, 0.25) is 0 Å². The van der Waals surface area contributed by atoms with Crippen LogP contribution >= 0.6 is 7.14 Å². The Balaban J connectivity index is 1.38. The number of ether oxygens (including phenoxy) is 2. The van der Waals surface area contributed by atoms with Crippen molar-refractivity contribution in [1.29, 1.82) is 0 Å². The van der Waals surface area contributed by atoms with Crippen molar-refractivity contribution in [1.82, 2.24) is 15.0 Å². The number of hydrogen-bond acceptors (Lipinski definition) is 8. The Hall–Kier alpha value is -4.95. The van der Waals surface area contributed by atoms with Crippen molar-refractivity contribution in [2.75, 3.05) is 36.4 Å². The summed E-state index contributed by atoms with van der Waals surface area (Å²) >= 11 is 0. The molecule has 2 aromatic heterocycles. The third-order valence-corrected chi connectivity index (χ3v) is 8.59. The van der Waals surface area contributed by atoms with Crippen molar-refractivity contribution < 1.29 is 18.8 Å². The third-order valence-electron chi connectivity index (χ3n) is 7.10. The molecular formula is C34H37N6O4P. The highest BCUT2D eigenvalue weighted by Gasteiger charge is 2.26. The van der Waals surface area contributed by atoms with Crippen LogP contribution in [0.4, 0.5) is 22.1 Å². The van der Waals surface area contributed by atoms with Crippen molar-refractivity contribution in [2.45, 2.75) is 32.7 Å². The number of urea groups is 1. The lowest BCUT2D eigenvalue weighted by atomic mass is 9.86. The number of amides is 2. The molecule has 0 atom stereocenters. The molecule has 2 amide bonds. The zero-order chi connectivity index (χ0) is 32.2. The molecule has 3 aromatic carbocycles. The van der Waals surface area contributed by atoms with Gasteiger partial charge in [0.25, 0.3) is 0 Å². The minimum Gasteiger partial charge on any atom is -0.494 e. The number of carbonyl (C=O) groups excluding carboxylic acids is 1. The van der Waals surface area contributed by atoms with Gasteiger partial charge in [-0.15, -0.1) is 0 Å². The molecule has 5 rings (SSSR count). The molecule has 0 aliphatic rings. The lowest BCUT2D eigenvalue weighted by Gasteiger charge is -2.25. The van der Waals surface area contributed by atoms with Gasteiger partial charge < -0.3 is 30.0 Å². The molecule has 10 nitrogen and oxygen atoms in total. The highest BCUT2D eigenvalue weighted by atomic mass is 31.2. The Morgan fingerprint density at radius 2 is 1.60 bits per heavy atom. The van der Waals surface area contributed by atoms with Crippen LogP contribution in [-0.4, -0.2) is 41.4 Å². The lowest BCUT2D eigenvalue weighted by Crippen LogP contribution is -2.23. The molecular weight excluding hydrogens is 587 g/mol. The van der Waals surface area contributed by atoms with Gasteiger partial charge in [-0.05, 0) is 60.7 Å². The van der Waals surface area contributed by atoms with E-state index in [0.29, 0.717) is 46.6 Å². The molecule has 0 radical (unpaired) electrons. The van der Waals surface area contributed by atoms with Crippen LogP contribution in [0.5, 0.6) is 17.4 Å². The fraction of sp³-hybridized carbons (Fsp3) is 0.235. The lowest BCUT2D eigenvalue weighted by molar-refractivity contribution is 0.262. The van der Waals surface area contributed by atoms with Gasteiger partial charge in [0.15, 0.2) is 5.75 Å². The van der Waals surface area contributed by atoms with E-state index in [2.05, 4.69) is 51.7 Å². The maximum atomic E-state index is 13.4. The number of carbonyl (C=O) groups is 1. The summed E-state index contributed by atoms with van der Waals surface area (Å²) in [5.74, 6) is 1.73. The molecule has 2 heterocycles. The van der Waals surface area contributed by atoms with E-state index >= 15 is 0 Å². The molecule has 0 spiro atoms.